The van der Waals surface area contributed by atoms with Crippen LogP contribution in [0.5, 0.6) is 5.75 Å². The molecule has 2 N–H and O–H groups in total. The number of hydrogen-bond donors (Lipinski definition) is 2. The molecule has 0 fully saturated rings. The van der Waals surface area contributed by atoms with Crippen LogP contribution in [0, 0.1) is 11.3 Å². The highest BCUT2D eigenvalue weighted by Gasteiger charge is 2.03. The summed E-state index contributed by atoms with van der Waals surface area (Å²) in [6.45, 7) is -0.0300. The fraction of sp³-hybridized carbons (Fsp3) is 0.0714. The smallest absolute Gasteiger partial charge is 0.117 e. The Bertz CT molecular complexity index is 585. The van der Waals surface area contributed by atoms with E-state index >= 15 is 0 Å². The average molecular weight is 225 g/mol. The summed E-state index contributed by atoms with van der Waals surface area (Å²) in [5, 5.41) is 27.4. The summed E-state index contributed by atoms with van der Waals surface area (Å²) in [7, 11) is 0. The van der Waals surface area contributed by atoms with Gasteiger partial charge in [-0.25, -0.2) is 0 Å². The number of nitrogens with zero attached hydrogens (tertiary/aromatic N) is 1. The Morgan fingerprint density at radius 1 is 1.06 bits per heavy atom. The zero-order chi connectivity index (χ0) is 12.3. The summed E-state index contributed by atoms with van der Waals surface area (Å²) in [5.41, 5.74) is 2.83. The van der Waals surface area contributed by atoms with E-state index in [4.69, 9.17) is 10.4 Å². The van der Waals surface area contributed by atoms with E-state index in [-0.39, 0.29) is 12.4 Å². The van der Waals surface area contributed by atoms with Gasteiger partial charge in [0.05, 0.1) is 18.2 Å². The minimum Gasteiger partial charge on any atom is -0.508 e. The van der Waals surface area contributed by atoms with Gasteiger partial charge in [0.15, 0.2) is 0 Å². The topological polar surface area (TPSA) is 64.2 Å². The van der Waals surface area contributed by atoms with Gasteiger partial charge in [-0.15, -0.1) is 0 Å². The number of phenols is 1. The lowest BCUT2D eigenvalue weighted by Gasteiger charge is -2.05. The predicted molar refractivity (Wildman–Crippen MR) is 64.2 cm³/mol. The molecule has 0 saturated carbocycles. The molecule has 0 aliphatic carbocycles. The van der Waals surface area contributed by atoms with Gasteiger partial charge < -0.3 is 10.2 Å². The number of aliphatic hydroxyl groups is 1. The third kappa shape index (κ3) is 2.44. The van der Waals surface area contributed by atoms with Gasteiger partial charge in [0.1, 0.15) is 5.75 Å². The lowest BCUT2D eigenvalue weighted by atomic mass is 10.0. The first-order valence-corrected chi connectivity index (χ1v) is 5.17. The predicted octanol–water partition coefficient (Wildman–Crippen LogP) is 2.42. The van der Waals surface area contributed by atoms with E-state index in [0.29, 0.717) is 5.56 Å². The molecule has 0 unspecified atom stereocenters. The summed E-state index contributed by atoms with van der Waals surface area (Å²) in [5.74, 6) is 0.0634. The third-order valence-electron chi connectivity index (χ3n) is 2.49. The molecule has 0 spiro atoms. The normalized spacial score (nSPS) is 9.88. The van der Waals surface area contributed by atoms with Crippen molar-refractivity contribution in [1.82, 2.24) is 0 Å². The van der Waals surface area contributed by atoms with Crippen LogP contribution in [-0.2, 0) is 6.61 Å². The van der Waals surface area contributed by atoms with E-state index in [2.05, 4.69) is 0 Å². The fourth-order valence-corrected chi connectivity index (χ4v) is 1.69. The van der Waals surface area contributed by atoms with Crippen molar-refractivity contribution in [3.05, 3.63) is 53.6 Å². The van der Waals surface area contributed by atoms with Gasteiger partial charge in [-0.3, -0.25) is 0 Å². The first kappa shape index (κ1) is 11.2. The van der Waals surface area contributed by atoms with Crippen LogP contribution in [0.4, 0.5) is 0 Å². The van der Waals surface area contributed by atoms with Crippen LogP contribution in [-0.4, -0.2) is 10.2 Å². The molecule has 0 aromatic heterocycles. The number of hydrogen-bond acceptors (Lipinski definition) is 3. The number of rotatable bonds is 2. The summed E-state index contributed by atoms with van der Waals surface area (Å²) in [6, 6.07) is 14.1. The maximum Gasteiger partial charge on any atom is 0.117 e. The van der Waals surface area contributed by atoms with Crippen LogP contribution >= 0.6 is 0 Å². The summed E-state index contributed by atoms with van der Waals surface area (Å²) >= 11 is 0. The highest BCUT2D eigenvalue weighted by molar-refractivity contribution is 5.67. The van der Waals surface area contributed by atoms with Gasteiger partial charge in [-0.1, -0.05) is 18.2 Å². The van der Waals surface area contributed by atoms with Crippen LogP contribution in [0.1, 0.15) is 11.1 Å². The Labute approximate surface area is 99.2 Å². The Balaban J connectivity index is 2.52. The highest BCUT2D eigenvalue weighted by atomic mass is 16.3. The van der Waals surface area contributed by atoms with Crippen molar-refractivity contribution in [1.29, 1.82) is 5.26 Å². The first-order valence-electron chi connectivity index (χ1n) is 5.17. The monoisotopic (exact) mass is 225 g/mol. The minimum atomic E-state index is -0.0300. The Hall–Kier alpha value is -2.31. The molecule has 2 aromatic carbocycles. The van der Waals surface area contributed by atoms with Crippen LogP contribution in [0.3, 0.4) is 0 Å². The van der Waals surface area contributed by atoms with Crippen molar-refractivity contribution in [3.63, 3.8) is 0 Å². The number of nitriles is 1. The standard InChI is InChI=1S/C14H11NO2/c15-8-11-5-13(7-14(17)6-11)12-3-1-2-10(4-12)9-16/h1-7,16-17H,9H2. The van der Waals surface area contributed by atoms with E-state index < -0.39 is 0 Å². The van der Waals surface area contributed by atoms with E-state index in [1.54, 1.807) is 12.1 Å². The van der Waals surface area contributed by atoms with Crippen molar-refractivity contribution >= 4 is 0 Å². The summed E-state index contributed by atoms with van der Waals surface area (Å²) in [6.07, 6.45) is 0. The van der Waals surface area contributed by atoms with E-state index in [9.17, 15) is 5.11 Å². The second-order valence-corrected chi connectivity index (χ2v) is 3.74. The zero-order valence-electron chi connectivity index (χ0n) is 9.09. The van der Waals surface area contributed by atoms with E-state index in [1.807, 2.05) is 30.3 Å². The van der Waals surface area contributed by atoms with Crippen molar-refractivity contribution in [3.8, 4) is 22.9 Å². The number of aliphatic hydroxyl groups excluding tert-OH is 1. The molecular formula is C14H11NO2. The molecule has 0 bridgehead atoms. The Morgan fingerprint density at radius 2 is 1.88 bits per heavy atom. The molecule has 0 amide bonds. The number of aromatic hydroxyl groups is 1. The molecule has 0 heterocycles. The van der Waals surface area contributed by atoms with Crippen LogP contribution in [0.25, 0.3) is 11.1 Å². The van der Waals surface area contributed by atoms with Crippen LogP contribution in [0.2, 0.25) is 0 Å². The molecule has 0 aliphatic heterocycles. The second kappa shape index (κ2) is 4.69. The maximum atomic E-state index is 9.51. The molecule has 0 aliphatic rings. The van der Waals surface area contributed by atoms with Crippen molar-refractivity contribution in [2.45, 2.75) is 6.61 Å². The van der Waals surface area contributed by atoms with E-state index in [0.717, 1.165) is 16.7 Å². The number of benzene rings is 2. The highest BCUT2D eigenvalue weighted by Crippen LogP contribution is 2.25. The van der Waals surface area contributed by atoms with Crippen molar-refractivity contribution in [2.75, 3.05) is 0 Å². The van der Waals surface area contributed by atoms with Crippen LogP contribution < -0.4 is 0 Å². The van der Waals surface area contributed by atoms with Gasteiger partial charge in [0.25, 0.3) is 0 Å². The van der Waals surface area contributed by atoms with Gasteiger partial charge in [-0.2, -0.15) is 5.26 Å². The molecule has 0 saturated heterocycles. The molecule has 3 heteroatoms. The average Bonchev–Trinajstić information content (AvgIpc) is 2.38. The molecule has 0 atom stereocenters. The molecule has 3 nitrogen and oxygen atoms in total. The lowest BCUT2D eigenvalue weighted by molar-refractivity contribution is 0.282. The van der Waals surface area contributed by atoms with Gasteiger partial charge in [-0.05, 0) is 41.0 Å². The molecule has 2 rings (SSSR count). The maximum absolute atomic E-state index is 9.51. The SMILES string of the molecule is N#Cc1cc(O)cc(-c2cccc(CO)c2)c1. The Kier molecular flexibility index (Phi) is 3.08. The van der Waals surface area contributed by atoms with Gasteiger partial charge in [0.2, 0.25) is 0 Å². The molecule has 0 radical (unpaired) electrons. The first-order chi connectivity index (χ1) is 8.22. The molecule has 84 valence electrons. The second-order valence-electron chi connectivity index (χ2n) is 3.74. The van der Waals surface area contributed by atoms with Crippen molar-refractivity contribution < 1.29 is 10.2 Å². The minimum absolute atomic E-state index is 0.0300. The van der Waals surface area contributed by atoms with Gasteiger partial charge in [0, 0.05) is 0 Å². The Morgan fingerprint density at radius 3 is 2.59 bits per heavy atom. The zero-order valence-corrected chi connectivity index (χ0v) is 9.09. The fourth-order valence-electron chi connectivity index (χ4n) is 1.69. The molecular weight excluding hydrogens is 214 g/mol. The van der Waals surface area contributed by atoms with Crippen LogP contribution in [0.15, 0.2) is 42.5 Å². The summed E-state index contributed by atoms with van der Waals surface area (Å²) < 4.78 is 0. The van der Waals surface area contributed by atoms with Crippen molar-refractivity contribution in [2.24, 2.45) is 0 Å². The lowest BCUT2D eigenvalue weighted by Crippen LogP contribution is -1.85. The largest absolute Gasteiger partial charge is 0.508 e. The summed E-state index contributed by atoms with van der Waals surface area (Å²) in [4.78, 5) is 0. The van der Waals surface area contributed by atoms with Gasteiger partial charge >= 0.3 is 0 Å². The quantitative estimate of drug-likeness (QED) is 0.824. The molecule has 2 aromatic rings. The van der Waals surface area contributed by atoms with E-state index in [1.165, 1.54) is 6.07 Å². The third-order valence-corrected chi connectivity index (χ3v) is 2.49. The number of phenolic OH excluding ortho intramolecular Hbond substituents is 1. The molecule has 17 heavy (non-hydrogen) atoms.